The van der Waals surface area contributed by atoms with E-state index in [1.807, 2.05) is 13.8 Å². The molecule has 126 valence electrons. The van der Waals surface area contributed by atoms with Crippen LogP contribution in [0.15, 0.2) is 35.2 Å². The van der Waals surface area contributed by atoms with Gasteiger partial charge < -0.3 is 4.18 Å². The molecule has 0 fully saturated rings. The van der Waals surface area contributed by atoms with E-state index in [2.05, 4.69) is 0 Å². The fraction of sp³-hybridized carbons (Fsp3) is 0.235. The molecule has 1 unspecified atom stereocenters. The second kappa shape index (κ2) is 6.06. The van der Waals surface area contributed by atoms with Gasteiger partial charge in [-0.15, -0.1) is 0 Å². The molecule has 2 aromatic carbocycles. The van der Waals surface area contributed by atoms with Gasteiger partial charge in [-0.05, 0) is 42.2 Å². The zero-order chi connectivity index (χ0) is 17.6. The highest BCUT2D eigenvalue weighted by Gasteiger charge is 2.33. The largest absolute Gasteiger partial charge is 0.378 e. The van der Waals surface area contributed by atoms with Crippen molar-refractivity contribution in [2.75, 3.05) is 0 Å². The topological polar surface area (TPSA) is 60.4 Å². The molecule has 7 heteroatoms. The highest BCUT2D eigenvalue weighted by molar-refractivity contribution is 7.87. The molecule has 0 aromatic heterocycles. The van der Waals surface area contributed by atoms with Crippen molar-refractivity contribution in [1.29, 1.82) is 0 Å². The number of aryl methyl sites for hydroxylation is 1. The number of fused-ring (bicyclic) bond motifs is 1. The van der Waals surface area contributed by atoms with Crippen molar-refractivity contribution >= 4 is 39.1 Å². The van der Waals surface area contributed by atoms with E-state index in [1.54, 1.807) is 12.1 Å². The van der Waals surface area contributed by atoms with Crippen LogP contribution in [0, 0.1) is 6.92 Å². The van der Waals surface area contributed by atoms with Gasteiger partial charge >= 0.3 is 10.1 Å². The van der Waals surface area contributed by atoms with Gasteiger partial charge in [-0.3, -0.25) is 4.79 Å². The van der Waals surface area contributed by atoms with Gasteiger partial charge in [0, 0.05) is 6.42 Å². The van der Waals surface area contributed by atoms with E-state index in [0.29, 0.717) is 12.0 Å². The highest BCUT2D eigenvalue weighted by Crippen LogP contribution is 2.41. The maximum atomic E-state index is 12.6. The molecule has 1 atom stereocenters. The molecule has 0 heterocycles. The third-order valence-corrected chi connectivity index (χ3v) is 6.25. The molecule has 0 saturated heterocycles. The molecule has 4 nitrogen and oxygen atoms in total. The number of ketones is 1. The molecule has 3 rings (SSSR count). The standard InChI is InChI=1S/C17H14Cl2O4S/c1-9-6-7-14(16-13(20)8-10(2)15(9)16)23-24(21,22)17-11(18)4-3-5-12(17)19/h3-7,10H,8H2,1-2H3. The zero-order valence-electron chi connectivity index (χ0n) is 13.0. The quantitative estimate of drug-likeness (QED) is 0.715. The molecule has 0 radical (unpaired) electrons. The van der Waals surface area contributed by atoms with E-state index in [4.69, 9.17) is 27.4 Å². The van der Waals surface area contributed by atoms with Gasteiger partial charge in [-0.25, -0.2) is 0 Å². The van der Waals surface area contributed by atoms with Crippen molar-refractivity contribution in [1.82, 2.24) is 0 Å². The van der Waals surface area contributed by atoms with Crippen molar-refractivity contribution in [2.45, 2.75) is 31.1 Å². The van der Waals surface area contributed by atoms with Crippen LogP contribution in [0.5, 0.6) is 5.75 Å². The molecule has 2 aromatic rings. The normalized spacial score (nSPS) is 17.0. The van der Waals surface area contributed by atoms with Gasteiger partial charge in [0.05, 0.1) is 15.6 Å². The molecule has 1 aliphatic rings. The number of carbonyl (C=O) groups is 1. The Kier molecular flexibility index (Phi) is 4.36. The van der Waals surface area contributed by atoms with Crippen LogP contribution >= 0.6 is 23.2 Å². The number of Topliss-reactive ketones (excluding diaryl/α,β-unsaturated/α-hetero) is 1. The first-order valence-corrected chi connectivity index (χ1v) is 9.44. The number of rotatable bonds is 3. The SMILES string of the molecule is Cc1ccc(OS(=O)(=O)c2c(Cl)cccc2Cl)c2c1C(C)CC2=O. The Morgan fingerprint density at radius 3 is 2.38 bits per heavy atom. The number of benzene rings is 2. The maximum Gasteiger partial charge on any atom is 0.342 e. The van der Waals surface area contributed by atoms with Crippen molar-refractivity contribution in [2.24, 2.45) is 0 Å². The molecule has 0 saturated carbocycles. The second-order valence-corrected chi connectivity index (χ2v) is 8.08. The summed E-state index contributed by atoms with van der Waals surface area (Å²) in [6.45, 7) is 3.82. The summed E-state index contributed by atoms with van der Waals surface area (Å²) in [4.78, 5) is 12.0. The minimum absolute atomic E-state index is 0.0148. The van der Waals surface area contributed by atoms with E-state index in [1.165, 1.54) is 18.2 Å². The third kappa shape index (κ3) is 2.81. The Balaban J connectivity index is 2.12. The summed E-state index contributed by atoms with van der Waals surface area (Å²) in [5.41, 5.74) is 2.09. The predicted molar refractivity (Wildman–Crippen MR) is 92.8 cm³/mol. The lowest BCUT2D eigenvalue weighted by Crippen LogP contribution is -2.13. The van der Waals surface area contributed by atoms with E-state index in [0.717, 1.165) is 11.1 Å². The Morgan fingerprint density at radius 1 is 1.12 bits per heavy atom. The van der Waals surface area contributed by atoms with Gasteiger partial charge in [0.25, 0.3) is 0 Å². The zero-order valence-corrected chi connectivity index (χ0v) is 15.3. The lowest BCUT2D eigenvalue weighted by Gasteiger charge is -2.14. The minimum atomic E-state index is -4.27. The van der Waals surface area contributed by atoms with Crippen LogP contribution in [0.1, 0.15) is 40.7 Å². The summed E-state index contributed by atoms with van der Waals surface area (Å²) >= 11 is 11.9. The summed E-state index contributed by atoms with van der Waals surface area (Å²) in [6.07, 6.45) is 0.337. The van der Waals surface area contributed by atoms with E-state index in [9.17, 15) is 13.2 Å². The molecular formula is C17H14Cl2O4S. The molecule has 0 spiro atoms. The first-order chi connectivity index (χ1) is 11.2. The molecule has 0 N–H and O–H groups in total. The van der Waals surface area contributed by atoms with Gasteiger partial charge in [0.15, 0.2) is 11.5 Å². The summed E-state index contributed by atoms with van der Waals surface area (Å²) in [5, 5.41) is -0.0723. The summed E-state index contributed by atoms with van der Waals surface area (Å²) in [7, 11) is -4.27. The number of hydrogen-bond acceptors (Lipinski definition) is 4. The van der Waals surface area contributed by atoms with E-state index < -0.39 is 10.1 Å². The average molecular weight is 385 g/mol. The van der Waals surface area contributed by atoms with Gasteiger partial charge in [0.2, 0.25) is 0 Å². The fourth-order valence-corrected chi connectivity index (χ4v) is 5.10. The summed E-state index contributed by atoms with van der Waals surface area (Å²) < 4.78 is 30.5. The first kappa shape index (κ1) is 17.3. The lowest BCUT2D eigenvalue weighted by atomic mass is 9.98. The Hall–Kier alpha value is -1.56. The van der Waals surface area contributed by atoms with Crippen LogP contribution in [-0.4, -0.2) is 14.2 Å². The maximum absolute atomic E-state index is 12.6. The third-order valence-electron chi connectivity index (χ3n) is 4.06. The van der Waals surface area contributed by atoms with Crippen LogP contribution in [0.25, 0.3) is 0 Å². The predicted octanol–water partition coefficient (Wildman–Crippen LogP) is 4.76. The summed E-state index contributed by atoms with van der Waals surface area (Å²) in [6, 6.07) is 7.60. The molecule has 0 aliphatic heterocycles. The first-order valence-electron chi connectivity index (χ1n) is 7.27. The molecule has 1 aliphatic carbocycles. The van der Waals surface area contributed by atoms with Crippen LogP contribution in [0.2, 0.25) is 10.0 Å². The monoisotopic (exact) mass is 384 g/mol. The smallest absolute Gasteiger partial charge is 0.342 e. The van der Waals surface area contributed by atoms with Crippen molar-refractivity contribution in [3.63, 3.8) is 0 Å². The highest BCUT2D eigenvalue weighted by atomic mass is 35.5. The fourth-order valence-electron chi connectivity index (χ4n) is 3.06. The Morgan fingerprint density at radius 2 is 1.75 bits per heavy atom. The Labute approximate surface area is 150 Å². The van der Waals surface area contributed by atoms with Crippen molar-refractivity contribution in [3.05, 3.63) is 57.1 Å². The van der Waals surface area contributed by atoms with Gasteiger partial charge in [-0.2, -0.15) is 8.42 Å². The molecule has 0 amide bonds. The van der Waals surface area contributed by atoms with Gasteiger partial charge in [0.1, 0.15) is 4.90 Å². The summed E-state index contributed by atoms with van der Waals surface area (Å²) in [5.74, 6) is -0.0831. The van der Waals surface area contributed by atoms with Crippen LogP contribution in [0.3, 0.4) is 0 Å². The number of carbonyl (C=O) groups excluding carboxylic acids is 1. The van der Waals surface area contributed by atoms with Crippen molar-refractivity contribution in [3.8, 4) is 5.75 Å². The Bertz CT molecular complexity index is 931. The van der Waals surface area contributed by atoms with Crippen LogP contribution in [-0.2, 0) is 10.1 Å². The minimum Gasteiger partial charge on any atom is -0.378 e. The molecule has 24 heavy (non-hydrogen) atoms. The average Bonchev–Trinajstić information content (AvgIpc) is 2.77. The van der Waals surface area contributed by atoms with Gasteiger partial charge in [-0.1, -0.05) is 42.3 Å². The second-order valence-electron chi connectivity index (χ2n) is 5.79. The van der Waals surface area contributed by atoms with Crippen LogP contribution in [0.4, 0.5) is 0 Å². The number of hydrogen-bond donors (Lipinski definition) is 0. The number of halogens is 2. The van der Waals surface area contributed by atoms with E-state index in [-0.39, 0.29) is 32.4 Å². The van der Waals surface area contributed by atoms with Crippen molar-refractivity contribution < 1.29 is 17.4 Å². The van der Waals surface area contributed by atoms with E-state index >= 15 is 0 Å². The lowest BCUT2D eigenvalue weighted by molar-refractivity contribution is 0.0989. The van der Waals surface area contributed by atoms with Crippen LogP contribution < -0.4 is 4.18 Å². The molecule has 0 bridgehead atoms. The molecular weight excluding hydrogens is 371 g/mol.